The Bertz CT molecular complexity index is 362. The number of nitrogens with zero attached hydrogens (tertiary/aromatic N) is 1. The van der Waals surface area contributed by atoms with Crippen LogP contribution in [-0.4, -0.2) is 31.0 Å². The monoisotopic (exact) mass is 219 g/mol. The predicted molar refractivity (Wildman–Crippen MR) is 62.1 cm³/mol. The van der Waals surface area contributed by atoms with Crippen LogP contribution in [-0.2, 0) is 10.2 Å². The minimum atomic E-state index is -0.141. The summed E-state index contributed by atoms with van der Waals surface area (Å²) < 4.78 is 0. The molecule has 16 heavy (non-hydrogen) atoms. The first-order valence-corrected chi connectivity index (χ1v) is 5.60. The van der Waals surface area contributed by atoms with Crippen LogP contribution in [0.5, 0.6) is 0 Å². The number of carbonyl (C=O) groups excluding carboxylic acids is 1. The van der Waals surface area contributed by atoms with Gasteiger partial charge in [0.1, 0.15) is 0 Å². The van der Waals surface area contributed by atoms with E-state index >= 15 is 0 Å². The van der Waals surface area contributed by atoms with Crippen LogP contribution < -0.4 is 10.6 Å². The molecule has 1 aromatic rings. The fraction of sp³-hybridized carbons (Fsp3) is 0.500. The summed E-state index contributed by atoms with van der Waals surface area (Å²) in [5.41, 5.74) is 0.873. The first-order chi connectivity index (χ1) is 7.77. The smallest absolute Gasteiger partial charge is 0.221 e. The van der Waals surface area contributed by atoms with Crippen molar-refractivity contribution in [3.05, 3.63) is 30.1 Å². The van der Waals surface area contributed by atoms with E-state index in [1.807, 2.05) is 25.2 Å². The molecule has 4 heteroatoms. The number of hydrogen-bond acceptors (Lipinski definition) is 3. The van der Waals surface area contributed by atoms with E-state index in [9.17, 15) is 4.79 Å². The fourth-order valence-corrected chi connectivity index (χ4v) is 2.37. The first-order valence-electron chi connectivity index (χ1n) is 5.60. The van der Waals surface area contributed by atoms with E-state index in [1.165, 1.54) is 0 Å². The molecule has 0 spiro atoms. The highest BCUT2D eigenvalue weighted by Gasteiger charge is 2.37. The van der Waals surface area contributed by atoms with Crippen molar-refractivity contribution in [2.45, 2.75) is 18.3 Å². The Labute approximate surface area is 95.5 Å². The molecule has 2 heterocycles. The molecule has 0 bridgehead atoms. The van der Waals surface area contributed by atoms with Crippen LogP contribution in [0, 0.1) is 0 Å². The molecule has 86 valence electrons. The first kappa shape index (κ1) is 11.1. The molecule has 2 rings (SSSR count). The fourth-order valence-electron chi connectivity index (χ4n) is 2.37. The van der Waals surface area contributed by atoms with Crippen LogP contribution in [0.15, 0.2) is 24.4 Å². The summed E-state index contributed by atoms with van der Waals surface area (Å²) in [6.45, 7) is 1.52. The van der Waals surface area contributed by atoms with Crippen molar-refractivity contribution >= 4 is 5.91 Å². The molecule has 1 amide bonds. The molecular formula is C12H17N3O. The minimum absolute atomic E-state index is 0.118. The van der Waals surface area contributed by atoms with E-state index in [2.05, 4.69) is 15.6 Å². The van der Waals surface area contributed by atoms with Gasteiger partial charge in [0.15, 0.2) is 0 Å². The van der Waals surface area contributed by atoms with Gasteiger partial charge in [0.2, 0.25) is 5.91 Å². The van der Waals surface area contributed by atoms with Crippen LogP contribution in [0.3, 0.4) is 0 Å². The summed E-state index contributed by atoms with van der Waals surface area (Å²) in [6.07, 6.45) is 3.25. The van der Waals surface area contributed by atoms with Gasteiger partial charge in [-0.1, -0.05) is 6.07 Å². The number of piperidine rings is 1. The Balaban J connectivity index is 2.31. The van der Waals surface area contributed by atoms with Gasteiger partial charge in [-0.3, -0.25) is 9.78 Å². The van der Waals surface area contributed by atoms with Crippen LogP contribution in [0.1, 0.15) is 18.5 Å². The molecule has 0 radical (unpaired) electrons. The number of likely N-dealkylation sites (N-methyl/N-ethyl adjacent to an activating group) is 1. The zero-order chi connectivity index (χ0) is 11.4. The van der Waals surface area contributed by atoms with Crippen molar-refractivity contribution in [1.29, 1.82) is 0 Å². The third kappa shape index (κ3) is 2.07. The third-order valence-electron chi connectivity index (χ3n) is 3.15. The molecule has 1 aliphatic heterocycles. The molecule has 1 saturated heterocycles. The van der Waals surface area contributed by atoms with Crippen molar-refractivity contribution in [2.75, 3.05) is 20.1 Å². The summed E-state index contributed by atoms with van der Waals surface area (Å²) >= 11 is 0. The molecule has 1 fully saturated rings. The van der Waals surface area contributed by atoms with E-state index in [1.54, 1.807) is 6.20 Å². The summed E-state index contributed by atoms with van der Waals surface area (Å²) in [5, 5.41) is 6.05. The van der Waals surface area contributed by atoms with Crippen molar-refractivity contribution in [2.24, 2.45) is 0 Å². The van der Waals surface area contributed by atoms with Gasteiger partial charge in [-0.05, 0) is 25.6 Å². The lowest BCUT2D eigenvalue weighted by Gasteiger charge is -2.36. The van der Waals surface area contributed by atoms with Crippen LogP contribution >= 0.6 is 0 Å². The molecule has 4 nitrogen and oxygen atoms in total. The molecule has 2 N–H and O–H groups in total. The lowest BCUT2D eigenvalue weighted by Crippen LogP contribution is -2.48. The maximum absolute atomic E-state index is 11.6. The van der Waals surface area contributed by atoms with Crippen molar-refractivity contribution in [3.63, 3.8) is 0 Å². The Hall–Kier alpha value is -1.42. The summed E-state index contributed by atoms with van der Waals surface area (Å²) in [4.78, 5) is 16.0. The van der Waals surface area contributed by atoms with Crippen LogP contribution in [0.2, 0.25) is 0 Å². The van der Waals surface area contributed by atoms with Gasteiger partial charge in [0, 0.05) is 36.8 Å². The van der Waals surface area contributed by atoms with Gasteiger partial charge in [0.05, 0.1) is 0 Å². The summed E-state index contributed by atoms with van der Waals surface area (Å²) in [5.74, 6) is 0.118. The molecule has 1 aromatic heterocycles. The SMILES string of the molecule is CNCC1(c2ccccn2)CCNC(=O)C1. The van der Waals surface area contributed by atoms with Gasteiger partial charge < -0.3 is 10.6 Å². The highest BCUT2D eigenvalue weighted by atomic mass is 16.1. The summed E-state index contributed by atoms with van der Waals surface area (Å²) in [7, 11) is 1.91. The number of pyridine rings is 1. The Morgan fingerprint density at radius 1 is 1.56 bits per heavy atom. The lowest BCUT2D eigenvalue weighted by molar-refractivity contribution is -0.124. The largest absolute Gasteiger partial charge is 0.356 e. The van der Waals surface area contributed by atoms with E-state index in [0.29, 0.717) is 6.42 Å². The van der Waals surface area contributed by atoms with E-state index in [4.69, 9.17) is 0 Å². The molecule has 1 aliphatic rings. The zero-order valence-corrected chi connectivity index (χ0v) is 9.49. The van der Waals surface area contributed by atoms with Gasteiger partial charge in [-0.25, -0.2) is 0 Å². The molecule has 0 aliphatic carbocycles. The molecule has 0 aromatic carbocycles. The second kappa shape index (κ2) is 4.61. The highest BCUT2D eigenvalue weighted by Crippen LogP contribution is 2.31. The van der Waals surface area contributed by atoms with Crippen LogP contribution in [0.25, 0.3) is 0 Å². The van der Waals surface area contributed by atoms with Crippen LogP contribution in [0.4, 0.5) is 0 Å². The van der Waals surface area contributed by atoms with Crippen molar-refractivity contribution in [3.8, 4) is 0 Å². The van der Waals surface area contributed by atoms with Gasteiger partial charge in [0.25, 0.3) is 0 Å². The Morgan fingerprint density at radius 3 is 3.06 bits per heavy atom. The number of rotatable bonds is 3. The second-order valence-corrected chi connectivity index (χ2v) is 4.30. The predicted octanol–water partition coefficient (Wildman–Crippen LogP) is 0.449. The summed E-state index contributed by atoms with van der Waals surface area (Å²) in [6, 6.07) is 5.89. The Kier molecular flexibility index (Phi) is 3.19. The quantitative estimate of drug-likeness (QED) is 0.776. The number of carbonyl (C=O) groups is 1. The maximum Gasteiger partial charge on any atom is 0.221 e. The third-order valence-corrected chi connectivity index (χ3v) is 3.15. The maximum atomic E-state index is 11.6. The molecule has 1 atom stereocenters. The second-order valence-electron chi connectivity index (χ2n) is 4.30. The number of amides is 1. The molecule has 1 unspecified atom stereocenters. The van der Waals surface area contributed by atoms with Crippen molar-refractivity contribution < 1.29 is 4.79 Å². The van der Waals surface area contributed by atoms with E-state index in [-0.39, 0.29) is 11.3 Å². The average Bonchev–Trinajstić information content (AvgIpc) is 2.31. The average molecular weight is 219 g/mol. The van der Waals surface area contributed by atoms with E-state index in [0.717, 1.165) is 25.2 Å². The van der Waals surface area contributed by atoms with Gasteiger partial charge >= 0.3 is 0 Å². The number of hydrogen-bond donors (Lipinski definition) is 2. The minimum Gasteiger partial charge on any atom is -0.356 e. The topological polar surface area (TPSA) is 54.0 Å². The lowest BCUT2D eigenvalue weighted by atomic mass is 9.75. The number of aromatic nitrogens is 1. The zero-order valence-electron chi connectivity index (χ0n) is 9.49. The molecule has 0 saturated carbocycles. The van der Waals surface area contributed by atoms with Gasteiger partial charge in [-0.2, -0.15) is 0 Å². The Morgan fingerprint density at radius 2 is 2.44 bits per heavy atom. The molecular weight excluding hydrogens is 202 g/mol. The van der Waals surface area contributed by atoms with Gasteiger partial charge in [-0.15, -0.1) is 0 Å². The van der Waals surface area contributed by atoms with E-state index < -0.39 is 0 Å². The normalized spacial score (nSPS) is 25.2. The standard InChI is InChI=1S/C12H17N3O/c1-13-9-12(5-7-15-11(16)8-12)10-4-2-3-6-14-10/h2-4,6,13H,5,7-9H2,1H3,(H,15,16). The highest BCUT2D eigenvalue weighted by molar-refractivity contribution is 5.78. The van der Waals surface area contributed by atoms with Crippen molar-refractivity contribution in [1.82, 2.24) is 15.6 Å². The number of nitrogens with one attached hydrogen (secondary N) is 2.